The molecule has 2 amide bonds. The number of phenols is 3. The fraction of sp³-hybridized carbons (Fsp3) is 0.278. The van der Waals surface area contributed by atoms with Crippen molar-refractivity contribution in [3.05, 3.63) is 47.8 Å². The number of aromatic hydroxyl groups is 3. The number of piperidine rings is 1. The minimum Gasteiger partial charge on any atom is -0.504 e. The number of rotatable bonds is 3. The lowest BCUT2D eigenvalue weighted by molar-refractivity contribution is 0.0697. The van der Waals surface area contributed by atoms with Crippen LogP contribution >= 0.6 is 0 Å². The van der Waals surface area contributed by atoms with Gasteiger partial charge in [-0.1, -0.05) is 0 Å². The monoisotopic (exact) mass is 357 g/mol. The molecular weight excluding hydrogens is 338 g/mol. The fourth-order valence-corrected chi connectivity index (χ4v) is 2.90. The standard InChI is InChI=1S/C18H19N3O5/c22-14-8-12(9-15(23)16(14)24)18(26)21-6-3-13(4-7-21)20-17(25)11-2-1-5-19-10-11/h1-2,5,8-10,13,22-24H,3-4,6-7H2,(H,20,25). The molecular formula is C18H19N3O5. The maximum Gasteiger partial charge on any atom is 0.254 e. The van der Waals surface area contributed by atoms with Crippen LogP contribution in [-0.4, -0.2) is 56.1 Å². The van der Waals surface area contributed by atoms with E-state index in [1.165, 1.54) is 6.20 Å². The molecule has 26 heavy (non-hydrogen) atoms. The van der Waals surface area contributed by atoms with Gasteiger partial charge in [-0.15, -0.1) is 0 Å². The number of likely N-dealkylation sites (tertiary alicyclic amines) is 1. The van der Waals surface area contributed by atoms with Crippen LogP contribution in [0.3, 0.4) is 0 Å². The van der Waals surface area contributed by atoms with Gasteiger partial charge in [0, 0.05) is 37.1 Å². The van der Waals surface area contributed by atoms with Crippen LogP contribution in [0, 0.1) is 0 Å². The predicted octanol–water partition coefficient (Wildman–Crippen LogP) is 1.23. The summed E-state index contributed by atoms with van der Waals surface area (Å²) in [6.45, 7) is 0.860. The van der Waals surface area contributed by atoms with Crippen LogP contribution in [0.2, 0.25) is 0 Å². The van der Waals surface area contributed by atoms with Gasteiger partial charge in [-0.05, 0) is 37.1 Å². The first kappa shape index (κ1) is 17.5. The van der Waals surface area contributed by atoms with E-state index in [1.54, 1.807) is 23.2 Å². The Kier molecular flexibility index (Phi) is 4.92. The van der Waals surface area contributed by atoms with Crippen molar-refractivity contribution in [2.24, 2.45) is 0 Å². The Morgan fingerprint density at radius 1 is 1.08 bits per heavy atom. The lowest BCUT2D eigenvalue weighted by Crippen LogP contribution is -2.46. The molecule has 1 fully saturated rings. The van der Waals surface area contributed by atoms with E-state index in [4.69, 9.17) is 0 Å². The van der Waals surface area contributed by atoms with E-state index in [9.17, 15) is 24.9 Å². The van der Waals surface area contributed by atoms with Gasteiger partial charge in [0.15, 0.2) is 17.2 Å². The number of amides is 2. The molecule has 8 nitrogen and oxygen atoms in total. The second-order valence-electron chi connectivity index (χ2n) is 6.14. The molecule has 136 valence electrons. The number of nitrogens with one attached hydrogen (secondary N) is 1. The maximum atomic E-state index is 12.5. The van der Waals surface area contributed by atoms with Crippen molar-refractivity contribution in [3.8, 4) is 17.2 Å². The van der Waals surface area contributed by atoms with Crippen molar-refractivity contribution in [1.82, 2.24) is 15.2 Å². The van der Waals surface area contributed by atoms with Crippen molar-refractivity contribution in [2.45, 2.75) is 18.9 Å². The fourth-order valence-electron chi connectivity index (χ4n) is 2.90. The van der Waals surface area contributed by atoms with Gasteiger partial charge >= 0.3 is 0 Å². The van der Waals surface area contributed by atoms with Crippen molar-refractivity contribution in [1.29, 1.82) is 0 Å². The Balaban J connectivity index is 1.58. The summed E-state index contributed by atoms with van der Waals surface area (Å²) in [6, 6.07) is 5.57. The van der Waals surface area contributed by atoms with E-state index in [1.807, 2.05) is 0 Å². The lowest BCUT2D eigenvalue weighted by Gasteiger charge is -2.32. The molecule has 1 saturated heterocycles. The van der Waals surface area contributed by atoms with Gasteiger partial charge in [0.1, 0.15) is 0 Å². The molecule has 1 aromatic carbocycles. The summed E-state index contributed by atoms with van der Waals surface area (Å²) in [5.74, 6) is -2.30. The molecule has 2 heterocycles. The van der Waals surface area contributed by atoms with E-state index >= 15 is 0 Å². The predicted molar refractivity (Wildman–Crippen MR) is 92.1 cm³/mol. The number of phenolic OH excluding ortho intramolecular Hbond substituents is 3. The van der Waals surface area contributed by atoms with Gasteiger partial charge in [-0.2, -0.15) is 0 Å². The van der Waals surface area contributed by atoms with E-state index in [0.717, 1.165) is 12.1 Å². The normalized spacial score (nSPS) is 14.8. The Bertz CT molecular complexity index is 794. The average Bonchev–Trinajstić information content (AvgIpc) is 2.66. The molecule has 1 aliphatic heterocycles. The summed E-state index contributed by atoms with van der Waals surface area (Å²) in [6.07, 6.45) is 4.28. The smallest absolute Gasteiger partial charge is 0.254 e. The van der Waals surface area contributed by atoms with Crippen LogP contribution in [-0.2, 0) is 0 Å². The molecule has 3 rings (SSSR count). The maximum absolute atomic E-state index is 12.5. The summed E-state index contributed by atoms with van der Waals surface area (Å²) in [4.78, 5) is 30.1. The highest BCUT2D eigenvalue weighted by Gasteiger charge is 2.26. The third-order valence-electron chi connectivity index (χ3n) is 4.36. The molecule has 0 radical (unpaired) electrons. The molecule has 0 saturated carbocycles. The van der Waals surface area contributed by atoms with E-state index < -0.39 is 17.2 Å². The van der Waals surface area contributed by atoms with Crippen LogP contribution in [0.5, 0.6) is 17.2 Å². The van der Waals surface area contributed by atoms with Crippen LogP contribution in [0.15, 0.2) is 36.7 Å². The minimum absolute atomic E-state index is 0.0478. The quantitative estimate of drug-likeness (QED) is 0.613. The first-order valence-electron chi connectivity index (χ1n) is 8.21. The highest BCUT2D eigenvalue weighted by Crippen LogP contribution is 2.35. The number of nitrogens with zero attached hydrogens (tertiary/aromatic N) is 2. The lowest BCUT2D eigenvalue weighted by atomic mass is 10.0. The molecule has 0 atom stereocenters. The number of aromatic nitrogens is 1. The number of benzene rings is 1. The zero-order chi connectivity index (χ0) is 18.7. The van der Waals surface area contributed by atoms with Gasteiger partial charge in [0.2, 0.25) is 0 Å². The zero-order valence-electron chi connectivity index (χ0n) is 13.9. The van der Waals surface area contributed by atoms with Crippen molar-refractivity contribution < 1.29 is 24.9 Å². The zero-order valence-corrected chi connectivity index (χ0v) is 13.9. The summed E-state index contributed by atoms with van der Waals surface area (Å²) < 4.78 is 0. The third-order valence-corrected chi connectivity index (χ3v) is 4.36. The Hall–Kier alpha value is -3.29. The summed E-state index contributed by atoms with van der Waals surface area (Å²) in [5, 5.41) is 31.4. The van der Waals surface area contributed by atoms with E-state index in [0.29, 0.717) is 31.5 Å². The molecule has 1 aliphatic rings. The molecule has 0 unspecified atom stereocenters. The van der Waals surface area contributed by atoms with Gasteiger partial charge in [-0.3, -0.25) is 14.6 Å². The van der Waals surface area contributed by atoms with Crippen molar-refractivity contribution in [3.63, 3.8) is 0 Å². The number of pyridine rings is 1. The van der Waals surface area contributed by atoms with Crippen molar-refractivity contribution in [2.75, 3.05) is 13.1 Å². The number of hydrogen-bond donors (Lipinski definition) is 4. The summed E-state index contributed by atoms with van der Waals surface area (Å²) in [5.41, 5.74) is 0.580. The summed E-state index contributed by atoms with van der Waals surface area (Å²) >= 11 is 0. The average molecular weight is 357 g/mol. The van der Waals surface area contributed by atoms with Crippen LogP contribution in [0.25, 0.3) is 0 Å². The Labute approximate surface area is 149 Å². The summed E-state index contributed by atoms with van der Waals surface area (Å²) in [7, 11) is 0. The van der Waals surface area contributed by atoms with Gasteiger partial charge in [-0.25, -0.2) is 0 Å². The van der Waals surface area contributed by atoms with Crippen LogP contribution in [0.4, 0.5) is 0 Å². The van der Waals surface area contributed by atoms with Gasteiger partial charge < -0.3 is 25.5 Å². The molecule has 0 aliphatic carbocycles. The highest BCUT2D eigenvalue weighted by atomic mass is 16.3. The molecule has 8 heteroatoms. The van der Waals surface area contributed by atoms with Crippen LogP contribution < -0.4 is 5.32 Å². The van der Waals surface area contributed by atoms with E-state index in [2.05, 4.69) is 10.3 Å². The van der Waals surface area contributed by atoms with Crippen molar-refractivity contribution >= 4 is 11.8 Å². The Morgan fingerprint density at radius 2 is 1.73 bits per heavy atom. The minimum atomic E-state index is -0.654. The molecule has 0 bridgehead atoms. The first-order chi connectivity index (χ1) is 12.5. The molecule has 1 aromatic heterocycles. The number of carbonyl (C=O) groups excluding carboxylic acids is 2. The number of carbonyl (C=O) groups is 2. The van der Waals surface area contributed by atoms with Gasteiger partial charge in [0.25, 0.3) is 11.8 Å². The molecule has 4 N–H and O–H groups in total. The molecule has 0 spiro atoms. The SMILES string of the molecule is O=C(NC1CCN(C(=O)c2cc(O)c(O)c(O)c2)CC1)c1cccnc1. The second kappa shape index (κ2) is 7.30. The number of hydrogen-bond acceptors (Lipinski definition) is 6. The topological polar surface area (TPSA) is 123 Å². The Morgan fingerprint density at radius 3 is 2.31 bits per heavy atom. The second-order valence-corrected chi connectivity index (χ2v) is 6.14. The van der Waals surface area contributed by atoms with Gasteiger partial charge in [0.05, 0.1) is 5.56 Å². The highest BCUT2D eigenvalue weighted by molar-refractivity contribution is 5.96. The van der Waals surface area contributed by atoms with Crippen LogP contribution in [0.1, 0.15) is 33.6 Å². The largest absolute Gasteiger partial charge is 0.504 e. The first-order valence-corrected chi connectivity index (χ1v) is 8.21. The third kappa shape index (κ3) is 3.69. The van der Waals surface area contributed by atoms with E-state index in [-0.39, 0.29) is 23.4 Å². The molecule has 2 aromatic rings.